The quantitative estimate of drug-likeness (QED) is 0.916. The summed E-state index contributed by atoms with van der Waals surface area (Å²) in [5.74, 6) is -0.515. The molecule has 0 amide bonds. The maximum atomic E-state index is 11.3. The molecule has 20 heavy (non-hydrogen) atoms. The zero-order valence-electron chi connectivity index (χ0n) is 12.0. The highest BCUT2D eigenvalue weighted by atomic mass is 16.4. The first kappa shape index (κ1) is 13.7. The third-order valence-corrected chi connectivity index (χ3v) is 5.06. The Morgan fingerprint density at radius 2 is 1.90 bits per heavy atom. The Kier molecular flexibility index (Phi) is 4.08. The van der Waals surface area contributed by atoms with Crippen LogP contribution >= 0.6 is 0 Å². The molecule has 0 aliphatic heterocycles. The minimum atomic E-state index is -0.620. The van der Waals surface area contributed by atoms with Crippen molar-refractivity contribution in [3.63, 3.8) is 0 Å². The molecule has 3 rings (SSSR count). The van der Waals surface area contributed by atoms with Gasteiger partial charge in [-0.05, 0) is 44.1 Å². The Morgan fingerprint density at radius 1 is 1.20 bits per heavy atom. The van der Waals surface area contributed by atoms with Crippen LogP contribution in [0.4, 0.5) is 0 Å². The minimum absolute atomic E-state index is 0.166. The molecule has 4 nitrogen and oxygen atoms in total. The van der Waals surface area contributed by atoms with Crippen LogP contribution in [0.1, 0.15) is 63.1 Å². The summed E-state index contributed by atoms with van der Waals surface area (Å²) in [6, 6.07) is 2.66. The number of aliphatic carboxylic acids is 1. The molecule has 2 fully saturated rings. The molecule has 0 saturated heterocycles. The number of nitrogens with zero attached hydrogens (tertiary/aromatic N) is 2. The Hall–Kier alpha value is -1.32. The van der Waals surface area contributed by atoms with Gasteiger partial charge >= 0.3 is 5.97 Å². The number of hydrogen-bond donors (Lipinski definition) is 1. The van der Waals surface area contributed by atoms with E-state index < -0.39 is 5.97 Å². The first-order valence-electron chi connectivity index (χ1n) is 8.01. The van der Waals surface area contributed by atoms with Gasteiger partial charge in [-0.25, -0.2) is 0 Å². The zero-order valence-corrected chi connectivity index (χ0v) is 12.0. The zero-order chi connectivity index (χ0) is 13.9. The van der Waals surface area contributed by atoms with Gasteiger partial charge in [-0.1, -0.05) is 25.7 Å². The van der Waals surface area contributed by atoms with Gasteiger partial charge in [0.05, 0.1) is 17.7 Å². The third-order valence-electron chi connectivity index (χ3n) is 5.06. The Morgan fingerprint density at radius 3 is 2.65 bits per heavy atom. The van der Waals surface area contributed by atoms with Crippen LogP contribution in [-0.4, -0.2) is 20.9 Å². The second kappa shape index (κ2) is 5.98. The van der Waals surface area contributed by atoms with Crippen LogP contribution in [0.25, 0.3) is 0 Å². The van der Waals surface area contributed by atoms with Crippen LogP contribution in [0.3, 0.4) is 0 Å². The molecular weight excluding hydrogens is 252 g/mol. The van der Waals surface area contributed by atoms with Gasteiger partial charge in [0.1, 0.15) is 0 Å². The van der Waals surface area contributed by atoms with E-state index >= 15 is 0 Å². The number of rotatable bonds is 4. The predicted octanol–water partition coefficient (Wildman–Crippen LogP) is 3.43. The van der Waals surface area contributed by atoms with E-state index in [0.29, 0.717) is 6.04 Å². The molecule has 110 valence electrons. The number of carboxylic acid groups (broad SMARTS) is 1. The summed E-state index contributed by atoms with van der Waals surface area (Å²) in [7, 11) is 0. The van der Waals surface area contributed by atoms with E-state index in [1.165, 1.54) is 25.7 Å². The van der Waals surface area contributed by atoms with Crippen molar-refractivity contribution in [2.45, 2.75) is 63.8 Å². The smallest absolute Gasteiger partial charge is 0.306 e. The maximum absolute atomic E-state index is 11.3. The molecule has 1 heterocycles. The van der Waals surface area contributed by atoms with E-state index in [2.05, 4.69) is 16.9 Å². The van der Waals surface area contributed by atoms with E-state index in [-0.39, 0.29) is 11.8 Å². The van der Waals surface area contributed by atoms with Gasteiger partial charge in [0.2, 0.25) is 0 Å². The van der Waals surface area contributed by atoms with Crippen molar-refractivity contribution >= 4 is 5.97 Å². The number of carboxylic acids is 1. The molecule has 1 aromatic heterocycles. The van der Waals surface area contributed by atoms with Crippen molar-refractivity contribution < 1.29 is 9.90 Å². The van der Waals surface area contributed by atoms with Crippen LogP contribution in [0.15, 0.2) is 12.3 Å². The summed E-state index contributed by atoms with van der Waals surface area (Å²) in [5.41, 5.74) is 1.08. The molecule has 2 saturated carbocycles. The molecule has 1 aromatic rings. The van der Waals surface area contributed by atoms with Crippen molar-refractivity contribution in [3.8, 4) is 0 Å². The van der Waals surface area contributed by atoms with Crippen LogP contribution in [0.5, 0.6) is 0 Å². The lowest BCUT2D eigenvalue weighted by molar-refractivity contribution is -0.144. The van der Waals surface area contributed by atoms with Gasteiger partial charge < -0.3 is 5.11 Å². The highest BCUT2D eigenvalue weighted by Crippen LogP contribution is 2.33. The van der Waals surface area contributed by atoms with Gasteiger partial charge in [0, 0.05) is 6.20 Å². The average molecular weight is 276 g/mol. The number of carbonyl (C=O) groups is 1. The van der Waals surface area contributed by atoms with Crippen molar-refractivity contribution in [2.75, 3.05) is 0 Å². The van der Waals surface area contributed by atoms with Crippen molar-refractivity contribution in [1.29, 1.82) is 0 Å². The van der Waals surface area contributed by atoms with E-state index in [1.54, 1.807) is 0 Å². The van der Waals surface area contributed by atoms with Crippen LogP contribution < -0.4 is 0 Å². The lowest BCUT2D eigenvalue weighted by atomic mass is 9.77. The molecule has 4 heteroatoms. The molecule has 0 spiro atoms. The molecule has 2 aliphatic rings. The van der Waals surface area contributed by atoms with E-state index in [4.69, 9.17) is 5.10 Å². The minimum Gasteiger partial charge on any atom is -0.481 e. The second-order valence-electron chi connectivity index (χ2n) is 6.42. The van der Waals surface area contributed by atoms with E-state index in [0.717, 1.165) is 37.8 Å². The fourth-order valence-corrected chi connectivity index (χ4v) is 3.90. The van der Waals surface area contributed by atoms with Crippen LogP contribution in [-0.2, 0) is 11.2 Å². The second-order valence-corrected chi connectivity index (χ2v) is 6.42. The molecule has 0 bridgehead atoms. The number of hydrogen-bond acceptors (Lipinski definition) is 2. The van der Waals surface area contributed by atoms with E-state index in [1.807, 2.05) is 0 Å². The van der Waals surface area contributed by atoms with Gasteiger partial charge in [0.15, 0.2) is 0 Å². The molecule has 0 aromatic carbocycles. The van der Waals surface area contributed by atoms with Crippen LogP contribution in [0.2, 0.25) is 0 Å². The number of aromatic nitrogens is 2. The highest BCUT2D eigenvalue weighted by Gasteiger charge is 2.31. The lowest BCUT2D eigenvalue weighted by Crippen LogP contribution is -2.28. The van der Waals surface area contributed by atoms with Gasteiger partial charge in [-0.3, -0.25) is 9.48 Å². The van der Waals surface area contributed by atoms with Gasteiger partial charge in [-0.2, -0.15) is 5.10 Å². The van der Waals surface area contributed by atoms with Gasteiger partial charge in [-0.15, -0.1) is 0 Å². The Bertz CT molecular complexity index is 463. The summed E-state index contributed by atoms with van der Waals surface area (Å²) < 4.78 is 2.11. The Balaban J connectivity index is 1.65. The topological polar surface area (TPSA) is 55.1 Å². The summed E-state index contributed by atoms with van der Waals surface area (Å²) in [6.45, 7) is 0. The fourth-order valence-electron chi connectivity index (χ4n) is 3.90. The molecule has 2 aliphatic carbocycles. The SMILES string of the molecule is O=C(O)C1CCCCC1Cc1ccn(C2CCCC2)n1. The van der Waals surface area contributed by atoms with Crippen molar-refractivity contribution in [3.05, 3.63) is 18.0 Å². The highest BCUT2D eigenvalue weighted by molar-refractivity contribution is 5.70. The molecule has 2 unspecified atom stereocenters. The predicted molar refractivity (Wildman–Crippen MR) is 76.5 cm³/mol. The lowest BCUT2D eigenvalue weighted by Gasteiger charge is -2.27. The fraction of sp³-hybridized carbons (Fsp3) is 0.750. The Labute approximate surface area is 120 Å². The molecular formula is C16H24N2O2. The standard InChI is InChI=1S/C16H24N2O2/c19-16(20)15-8-4-1-5-12(15)11-13-9-10-18(17-13)14-6-2-3-7-14/h9-10,12,14-15H,1-8,11H2,(H,19,20). The molecule has 1 N–H and O–H groups in total. The maximum Gasteiger partial charge on any atom is 0.306 e. The van der Waals surface area contributed by atoms with Crippen molar-refractivity contribution in [1.82, 2.24) is 9.78 Å². The summed E-state index contributed by atoms with van der Waals surface area (Å²) in [5, 5.41) is 14.0. The van der Waals surface area contributed by atoms with E-state index in [9.17, 15) is 9.90 Å². The average Bonchev–Trinajstić information content (AvgIpc) is 3.09. The largest absolute Gasteiger partial charge is 0.481 e. The van der Waals surface area contributed by atoms with Gasteiger partial charge in [0.25, 0.3) is 0 Å². The normalized spacial score (nSPS) is 27.8. The monoisotopic (exact) mass is 276 g/mol. The summed E-state index contributed by atoms with van der Waals surface area (Å²) >= 11 is 0. The first-order valence-corrected chi connectivity index (χ1v) is 8.01. The summed E-state index contributed by atoms with van der Waals surface area (Å²) in [6.07, 6.45) is 12.1. The van der Waals surface area contributed by atoms with Crippen molar-refractivity contribution in [2.24, 2.45) is 11.8 Å². The molecule has 2 atom stereocenters. The summed E-state index contributed by atoms with van der Waals surface area (Å²) in [4.78, 5) is 11.3. The first-order chi connectivity index (χ1) is 9.74. The molecule has 0 radical (unpaired) electrons. The van der Waals surface area contributed by atoms with Crippen LogP contribution in [0, 0.1) is 11.8 Å². The third kappa shape index (κ3) is 2.89.